The molecule has 0 saturated carbocycles. The van der Waals surface area contributed by atoms with Crippen LogP contribution in [-0.2, 0) is 16.0 Å². The fourth-order valence-corrected chi connectivity index (χ4v) is 3.11. The fraction of sp³-hybridized carbons (Fsp3) is 0.143. The number of H-pyrrole nitrogens is 1. The lowest BCUT2D eigenvalue weighted by atomic mass is 10.2. The van der Waals surface area contributed by atoms with Gasteiger partial charge in [0.1, 0.15) is 0 Å². The van der Waals surface area contributed by atoms with Gasteiger partial charge in [0.25, 0.3) is 0 Å². The highest BCUT2D eigenvalue weighted by Crippen LogP contribution is 2.26. The largest absolute Gasteiger partial charge is 0.358 e. The lowest BCUT2D eigenvalue weighted by molar-refractivity contribution is -0.116. The molecule has 3 rings (SSSR count). The van der Waals surface area contributed by atoms with Gasteiger partial charge in [0.15, 0.2) is 0 Å². The van der Waals surface area contributed by atoms with Gasteiger partial charge in [-0.1, -0.05) is 46.3 Å². The molecule has 0 aliphatic heterocycles. The van der Waals surface area contributed by atoms with Crippen LogP contribution in [-0.4, -0.2) is 16.8 Å². The number of rotatable bonds is 6. The van der Waals surface area contributed by atoms with Gasteiger partial charge in [-0.05, 0) is 42.3 Å². The number of halogens is 1. The second-order valence-electron chi connectivity index (χ2n) is 6.18. The third-order valence-corrected chi connectivity index (χ3v) is 4.51. The van der Waals surface area contributed by atoms with Crippen molar-refractivity contribution in [2.45, 2.75) is 19.8 Å². The third kappa shape index (κ3) is 5.31. The van der Waals surface area contributed by atoms with E-state index in [0.717, 1.165) is 21.4 Å². The molecule has 27 heavy (non-hydrogen) atoms. The van der Waals surface area contributed by atoms with Gasteiger partial charge in [-0.2, -0.15) is 0 Å². The van der Waals surface area contributed by atoms with Crippen molar-refractivity contribution in [1.29, 1.82) is 0 Å². The lowest BCUT2D eigenvalue weighted by Gasteiger charge is -2.12. The molecule has 6 heteroatoms. The van der Waals surface area contributed by atoms with E-state index in [4.69, 9.17) is 0 Å². The van der Waals surface area contributed by atoms with E-state index in [1.165, 1.54) is 6.92 Å². The van der Waals surface area contributed by atoms with Crippen molar-refractivity contribution in [2.75, 3.05) is 10.6 Å². The molecule has 2 amide bonds. The molecule has 0 aliphatic rings. The Morgan fingerprint density at radius 2 is 1.74 bits per heavy atom. The number of aromatic nitrogens is 1. The summed E-state index contributed by atoms with van der Waals surface area (Å²) < 4.78 is 0.823. The minimum atomic E-state index is -0.187. The quantitative estimate of drug-likeness (QED) is 0.521. The van der Waals surface area contributed by atoms with Crippen molar-refractivity contribution < 1.29 is 9.59 Å². The Labute approximate surface area is 166 Å². The zero-order valence-corrected chi connectivity index (χ0v) is 16.5. The Morgan fingerprint density at radius 1 is 0.963 bits per heavy atom. The Hall–Kier alpha value is -2.86. The normalized spacial score (nSPS) is 10.4. The Morgan fingerprint density at radius 3 is 2.48 bits per heavy atom. The van der Waals surface area contributed by atoms with Crippen LogP contribution < -0.4 is 10.6 Å². The molecule has 0 radical (unpaired) electrons. The van der Waals surface area contributed by atoms with Crippen molar-refractivity contribution in [3.8, 4) is 11.3 Å². The van der Waals surface area contributed by atoms with Crippen LogP contribution in [0.2, 0.25) is 0 Å². The Kier molecular flexibility index (Phi) is 6.08. The summed E-state index contributed by atoms with van der Waals surface area (Å²) in [5.74, 6) is -0.303. The maximum Gasteiger partial charge on any atom is 0.224 e. The van der Waals surface area contributed by atoms with Gasteiger partial charge in [0, 0.05) is 29.2 Å². The number of nitrogens with one attached hydrogen (secondary N) is 3. The smallest absolute Gasteiger partial charge is 0.224 e. The monoisotopic (exact) mass is 425 g/mol. The van der Waals surface area contributed by atoms with Crippen LogP contribution in [0.25, 0.3) is 11.3 Å². The van der Waals surface area contributed by atoms with Crippen LogP contribution >= 0.6 is 15.9 Å². The Bertz CT molecular complexity index is 951. The van der Waals surface area contributed by atoms with E-state index < -0.39 is 0 Å². The second-order valence-corrected chi connectivity index (χ2v) is 7.10. The molecule has 0 unspecified atom stereocenters. The molecular weight excluding hydrogens is 406 g/mol. The van der Waals surface area contributed by atoms with Crippen LogP contribution in [0, 0.1) is 0 Å². The predicted molar refractivity (Wildman–Crippen MR) is 112 cm³/mol. The summed E-state index contributed by atoms with van der Waals surface area (Å²) >= 11 is 3.38. The van der Waals surface area contributed by atoms with Gasteiger partial charge in [-0.25, -0.2) is 0 Å². The van der Waals surface area contributed by atoms with Crippen LogP contribution in [0.5, 0.6) is 0 Å². The lowest BCUT2D eigenvalue weighted by Crippen LogP contribution is -2.15. The van der Waals surface area contributed by atoms with Gasteiger partial charge < -0.3 is 15.6 Å². The zero-order valence-electron chi connectivity index (χ0n) is 14.9. The zero-order chi connectivity index (χ0) is 19.2. The molecule has 2 aromatic carbocycles. The highest BCUT2D eigenvalue weighted by molar-refractivity contribution is 9.10. The number of hydrogen-bond acceptors (Lipinski definition) is 2. The number of hydrogen-bond donors (Lipinski definition) is 3. The number of aromatic amines is 1. The highest BCUT2D eigenvalue weighted by Gasteiger charge is 2.10. The van der Waals surface area contributed by atoms with E-state index in [-0.39, 0.29) is 11.8 Å². The molecule has 5 nitrogen and oxygen atoms in total. The molecule has 3 N–H and O–H groups in total. The van der Waals surface area contributed by atoms with E-state index >= 15 is 0 Å². The van der Waals surface area contributed by atoms with Gasteiger partial charge >= 0.3 is 0 Å². The van der Waals surface area contributed by atoms with E-state index in [0.29, 0.717) is 24.2 Å². The predicted octanol–water partition coefficient (Wildman–Crippen LogP) is 4.97. The molecule has 1 aromatic heterocycles. The number of benzene rings is 2. The van der Waals surface area contributed by atoms with Crippen molar-refractivity contribution in [2.24, 2.45) is 0 Å². The van der Waals surface area contributed by atoms with E-state index in [1.54, 1.807) is 12.1 Å². The van der Waals surface area contributed by atoms with Gasteiger partial charge in [0.05, 0.1) is 11.4 Å². The van der Waals surface area contributed by atoms with Gasteiger partial charge in [-0.3, -0.25) is 9.59 Å². The molecule has 0 aliphatic carbocycles. The first-order valence-corrected chi connectivity index (χ1v) is 9.41. The molecule has 1 heterocycles. The summed E-state index contributed by atoms with van der Waals surface area (Å²) in [6, 6.07) is 19.4. The summed E-state index contributed by atoms with van der Waals surface area (Å²) in [6.07, 6.45) is 0.933. The molecule has 0 bridgehead atoms. The van der Waals surface area contributed by atoms with E-state index in [9.17, 15) is 9.59 Å². The topological polar surface area (TPSA) is 74.0 Å². The Balaban J connectivity index is 1.61. The molecular formula is C21H20BrN3O2. The number of amides is 2. The van der Waals surface area contributed by atoms with Crippen LogP contribution in [0.1, 0.15) is 19.0 Å². The standard InChI is InChI=1S/C21H20BrN3O2/c1-14(26)23-19-10-7-16(22)13-20(19)25-21(27)12-9-17-8-11-18(24-17)15-5-3-2-4-6-15/h2-8,10-11,13,24H,9,12H2,1H3,(H,23,26)(H,25,27). The maximum atomic E-state index is 12.4. The molecule has 0 spiro atoms. The second kappa shape index (κ2) is 8.68. The minimum absolute atomic E-state index is 0.115. The molecule has 0 fully saturated rings. The average molecular weight is 426 g/mol. The summed E-state index contributed by atoms with van der Waals surface area (Å²) in [4.78, 5) is 27.0. The minimum Gasteiger partial charge on any atom is -0.358 e. The summed E-state index contributed by atoms with van der Waals surface area (Å²) in [5, 5.41) is 5.59. The maximum absolute atomic E-state index is 12.4. The van der Waals surface area contributed by atoms with E-state index in [1.807, 2.05) is 48.5 Å². The third-order valence-electron chi connectivity index (χ3n) is 4.02. The average Bonchev–Trinajstić information content (AvgIpc) is 3.12. The van der Waals surface area contributed by atoms with Crippen LogP contribution in [0.3, 0.4) is 0 Å². The van der Waals surface area contributed by atoms with Crippen molar-refractivity contribution in [3.63, 3.8) is 0 Å². The summed E-state index contributed by atoms with van der Waals surface area (Å²) in [6.45, 7) is 1.43. The SMILES string of the molecule is CC(=O)Nc1ccc(Br)cc1NC(=O)CCc1ccc(-c2ccccc2)[nH]1. The van der Waals surface area contributed by atoms with Crippen molar-refractivity contribution >= 4 is 39.1 Å². The molecule has 0 saturated heterocycles. The molecule has 0 atom stereocenters. The van der Waals surface area contributed by atoms with Gasteiger partial charge in [-0.15, -0.1) is 0 Å². The molecule has 138 valence electrons. The first kappa shape index (κ1) is 18.9. The number of carbonyl (C=O) groups is 2. The van der Waals surface area contributed by atoms with Crippen molar-refractivity contribution in [3.05, 3.63) is 70.8 Å². The number of anilines is 2. The fourth-order valence-electron chi connectivity index (χ4n) is 2.75. The van der Waals surface area contributed by atoms with Crippen LogP contribution in [0.15, 0.2) is 65.1 Å². The number of aryl methyl sites for hydroxylation is 1. The highest BCUT2D eigenvalue weighted by atomic mass is 79.9. The summed E-state index contributed by atoms with van der Waals surface area (Å²) in [5.41, 5.74) is 4.29. The first-order chi connectivity index (χ1) is 13.0. The van der Waals surface area contributed by atoms with E-state index in [2.05, 4.69) is 31.5 Å². The first-order valence-electron chi connectivity index (χ1n) is 8.61. The number of carbonyl (C=O) groups excluding carboxylic acids is 2. The molecule has 3 aromatic rings. The van der Waals surface area contributed by atoms with Crippen LogP contribution in [0.4, 0.5) is 11.4 Å². The summed E-state index contributed by atoms with van der Waals surface area (Å²) in [7, 11) is 0. The van der Waals surface area contributed by atoms with Crippen molar-refractivity contribution in [1.82, 2.24) is 4.98 Å². The van der Waals surface area contributed by atoms with Gasteiger partial charge in [0.2, 0.25) is 11.8 Å².